The van der Waals surface area contributed by atoms with E-state index in [9.17, 15) is 13.2 Å². The molecule has 2 amide bonds. The molecular formula is C18H35N7O3S. The molecule has 2 aliphatic heterocycles. The van der Waals surface area contributed by atoms with Gasteiger partial charge in [-0.3, -0.25) is 15.6 Å². The van der Waals surface area contributed by atoms with Crippen LogP contribution in [0, 0.1) is 5.92 Å². The van der Waals surface area contributed by atoms with Crippen LogP contribution in [-0.4, -0.2) is 70.6 Å². The van der Waals surface area contributed by atoms with Crippen molar-refractivity contribution in [3.05, 3.63) is 0 Å². The third-order valence-corrected chi connectivity index (χ3v) is 6.44. The number of rotatable bonds is 7. The number of carbonyl (C=O) groups excluding carboxylic acids is 1. The third-order valence-electron chi connectivity index (χ3n) is 5.71. The van der Waals surface area contributed by atoms with Crippen molar-refractivity contribution in [3.8, 4) is 0 Å². The van der Waals surface area contributed by atoms with E-state index in [1.54, 1.807) is 0 Å². The average Bonchev–Trinajstić information content (AvgIpc) is 2.64. The number of hydrogen-bond acceptors (Lipinski definition) is 7. The lowest BCUT2D eigenvalue weighted by molar-refractivity contribution is 0.185. The normalized spacial score (nSPS) is 32.8. The first-order valence-electron chi connectivity index (χ1n) is 10.6. The molecule has 2 fully saturated rings. The van der Waals surface area contributed by atoms with Crippen LogP contribution < -0.4 is 31.3 Å². The maximum atomic E-state index is 12.5. The van der Waals surface area contributed by atoms with Crippen LogP contribution >= 0.6 is 0 Å². The van der Waals surface area contributed by atoms with E-state index in [0.717, 1.165) is 44.9 Å². The van der Waals surface area contributed by atoms with Crippen molar-refractivity contribution in [2.45, 2.75) is 70.0 Å². The van der Waals surface area contributed by atoms with Crippen LogP contribution in [0.1, 0.15) is 45.4 Å². The lowest BCUT2D eigenvalue weighted by Gasteiger charge is -2.38. The number of nitrogens with one attached hydrogen (secondary N) is 6. The Balaban J connectivity index is 1.40. The second-order valence-electron chi connectivity index (χ2n) is 8.38. The number of hydrogen-bond donors (Lipinski definition) is 6. The largest absolute Gasteiger partial charge is 0.335 e. The molecule has 0 aromatic rings. The summed E-state index contributed by atoms with van der Waals surface area (Å²) >= 11 is 0. The molecule has 1 saturated heterocycles. The van der Waals surface area contributed by atoms with Gasteiger partial charge in [-0.15, -0.1) is 0 Å². The van der Waals surface area contributed by atoms with Gasteiger partial charge >= 0.3 is 6.03 Å². The SMILES string of the molecule is CC1CC(NCCNS(C)(=O)=O)NC(NC(=O)NC2CCC3=NCCCC3C2)N1. The molecule has 3 rings (SSSR count). The van der Waals surface area contributed by atoms with Gasteiger partial charge in [0.1, 0.15) is 6.29 Å². The number of fused-ring (bicyclic) bond motifs is 1. The highest BCUT2D eigenvalue weighted by atomic mass is 32.2. The average molecular weight is 430 g/mol. The summed E-state index contributed by atoms with van der Waals surface area (Å²) in [6.07, 6.45) is 6.84. The van der Waals surface area contributed by atoms with Crippen LogP contribution in [0.3, 0.4) is 0 Å². The number of urea groups is 1. The topological polar surface area (TPSA) is 136 Å². The molecule has 0 aromatic carbocycles. The van der Waals surface area contributed by atoms with Crippen molar-refractivity contribution in [2.75, 3.05) is 25.9 Å². The summed E-state index contributed by atoms with van der Waals surface area (Å²) in [6, 6.07) is 0.217. The van der Waals surface area contributed by atoms with Gasteiger partial charge in [0.15, 0.2) is 0 Å². The van der Waals surface area contributed by atoms with Gasteiger partial charge in [-0.2, -0.15) is 0 Å². The zero-order valence-electron chi connectivity index (χ0n) is 17.3. The van der Waals surface area contributed by atoms with Crippen molar-refractivity contribution in [1.29, 1.82) is 0 Å². The fraction of sp³-hybridized carbons (Fsp3) is 0.889. The smallest absolute Gasteiger partial charge is 0.317 e. The number of aliphatic imine (C=N–C) groups is 1. The molecule has 0 bridgehead atoms. The van der Waals surface area contributed by atoms with Crippen molar-refractivity contribution in [3.63, 3.8) is 0 Å². The maximum Gasteiger partial charge on any atom is 0.317 e. The van der Waals surface area contributed by atoms with E-state index in [4.69, 9.17) is 0 Å². The minimum absolute atomic E-state index is 0.0198. The van der Waals surface area contributed by atoms with Crippen LogP contribution in [0.15, 0.2) is 4.99 Å². The maximum absolute atomic E-state index is 12.5. The van der Waals surface area contributed by atoms with Gasteiger partial charge in [-0.05, 0) is 51.4 Å². The van der Waals surface area contributed by atoms with E-state index >= 15 is 0 Å². The standard InChI is InChI=1S/C18H35N7O3S/c1-12-10-16(20-8-9-21-29(2,27)28)24-17(22-12)25-18(26)23-14-5-6-15-13(11-14)4-3-7-19-15/h12-14,16-17,20-22,24H,3-11H2,1-2H3,(H2,23,25,26). The zero-order chi connectivity index (χ0) is 20.9. The van der Waals surface area contributed by atoms with Crippen LogP contribution in [0.25, 0.3) is 0 Å². The van der Waals surface area contributed by atoms with Gasteiger partial charge in [0.05, 0.1) is 12.4 Å². The lowest BCUT2D eigenvalue weighted by Crippen LogP contribution is -2.68. The summed E-state index contributed by atoms with van der Waals surface area (Å²) in [5.74, 6) is 0.530. The first-order chi connectivity index (χ1) is 13.8. The summed E-state index contributed by atoms with van der Waals surface area (Å²) in [4.78, 5) is 17.1. The van der Waals surface area contributed by atoms with E-state index in [1.165, 1.54) is 12.1 Å². The van der Waals surface area contributed by atoms with Crippen molar-refractivity contribution < 1.29 is 13.2 Å². The molecule has 6 N–H and O–H groups in total. The molecule has 10 nitrogen and oxygen atoms in total. The second-order valence-corrected chi connectivity index (χ2v) is 10.2. The summed E-state index contributed by atoms with van der Waals surface area (Å²) in [6.45, 7) is 3.85. The quantitative estimate of drug-likeness (QED) is 0.299. The second kappa shape index (κ2) is 10.2. The van der Waals surface area contributed by atoms with Crippen LogP contribution in [0.2, 0.25) is 0 Å². The summed E-state index contributed by atoms with van der Waals surface area (Å²) in [5.41, 5.74) is 1.35. The van der Waals surface area contributed by atoms with Crippen molar-refractivity contribution in [1.82, 2.24) is 31.3 Å². The number of carbonyl (C=O) groups is 1. The van der Waals surface area contributed by atoms with Crippen molar-refractivity contribution >= 4 is 21.8 Å². The lowest BCUT2D eigenvalue weighted by atomic mass is 9.80. The van der Waals surface area contributed by atoms with E-state index in [2.05, 4.69) is 43.2 Å². The molecule has 29 heavy (non-hydrogen) atoms. The Bertz CT molecular complexity index is 700. The highest BCUT2D eigenvalue weighted by Crippen LogP contribution is 2.28. The fourth-order valence-electron chi connectivity index (χ4n) is 4.40. The number of sulfonamides is 1. The van der Waals surface area contributed by atoms with Crippen LogP contribution in [0.5, 0.6) is 0 Å². The Morgan fingerprint density at radius 3 is 2.79 bits per heavy atom. The molecular weight excluding hydrogens is 394 g/mol. The van der Waals surface area contributed by atoms with Crippen molar-refractivity contribution in [2.24, 2.45) is 10.9 Å². The molecule has 1 saturated carbocycles. The minimum atomic E-state index is -3.18. The Labute approximate surface area is 173 Å². The van der Waals surface area contributed by atoms with Gasteiger partial charge in [0, 0.05) is 37.4 Å². The highest BCUT2D eigenvalue weighted by molar-refractivity contribution is 7.88. The van der Waals surface area contributed by atoms with Gasteiger partial charge in [-0.1, -0.05) is 0 Å². The molecule has 11 heteroatoms. The number of nitrogens with zero attached hydrogens (tertiary/aromatic N) is 1. The first kappa shape index (κ1) is 22.4. The molecule has 5 unspecified atom stereocenters. The number of amides is 2. The molecule has 1 aliphatic carbocycles. The summed E-state index contributed by atoms with van der Waals surface area (Å²) in [5, 5.41) is 16.0. The van der Waals surface area contributed by atoms with E-state index in [1.807, 2.05) is 0 Å². The third kappa shape index (κ3) is 7.49. The van der Waals surface area contributed by atoms with E-state index < -0.39 is 10.0 Å². The molecule has 0 aromatic heterocycles. The Hall–Kier alpha value is -1.27. The minimum Gasteiger partial charge on any atom is -0.335 e. The molecule has 0 spiro atoms. The summed E-state index contributed by atoms with van der Waals surface area (Å²) in [7, 11) is -3.18. The zero-order valence-corrected chi connectivity index (χ0v) is 18.1. The van der Waals surface area contributed by atoms with Crippen LogP contribution in [-0.2, 0) is 10.0 Å². The molecule has 5 atom stereocenters. The Morgan fingerprint density at radius 2 is 2.00 bits per heavy atom. The van der Waals surface area contributed by atoms with Crippen LogP contribution in [0.4, 0.5) is 4.79 Å². The Kier molecular flexibility index (Phi) is 7.85. The van der Waals surface area contributed by atoms with Gasteiger partial charge in [0.25, 0.3) is 0 Å². The van der Waals surface area contributed by atoms with E-state index in [0.29, 0.717) is 19.0 Å². The fourth-order valence-corrected chi connectivity index (χ4v) is 4.87. The molecule has 3 aliphatic rings. The van der Waals surface area contributed by atoms with Gasteiger partial charge in [0.2, 0.25) is 10.0 Å². The first-order valence-corrected chi connectivity index (χ1v) is 12.5. The summed E-state index contributed by atoms with van der Waals surface area (Å²) < 4.78 is 24.7. The van der Waals surface area contributed by atoms with Gasteiger partial charge < -0.3 is 16.0 Å². The predicted molar refractivity (Wildman–Crippen MR) is 113 cm³/mol. The monoisotopic (exact) mass is 429 g/mol. The van der Waals surface area contributed by atoms with E-state index in [-0.39, 0.29) is 30.6 Å². The Morgan fingerprint density at radius 1 is 1.17 bits per heavy atom. The molecule has 166 valence electrons. The molecule has 0 radical (unpaired) electrons. The predicted octanol–water partition coefficient (Wildman–Crippen LogP) is -0.591. The molecule has 2 heterocycles. The van der Waals surface area contributed by atoms with Gasteiger partial charge in [-0.25, -0.2) is 17.9 Å². The highest BCUT2D eigenvalue weighted by Gasteiger charge is 2.30.